The maximum absolute atomic E-state index is 5.47. The molecule has 0 unspecified atom stereocenters. The molecule has 2 atom stereocenters. The van der Waals surface area contributed by atoms with Gasteiger partial charge in [-0.3, -0.25) is 4.68 Å². The molecule has 0 amide bonds. The Morgan fingerprint density at radius 1 is 1.25 bits per heavy atom. The second kappa shape index (κ2) is 7.45. The molecule has 4 heterocycles. The number of rotatable bonds is 7. The lowest BCUT2D eigenvalue weighted by Crippen LogP contribution is -2.27. The topological polar surface area (TPSA) is 77.8 Å². The quantitative estimate of drug-likeness (QED) is 0.316. The van der Waals surface area contributed by atoms with Crippen LogP contribution in [0, 0.1) is 12.8 Å². The maximum atomic E-state index is 5.47. The van der Waals surface area contributed by atoms with Crippen LogP contribution < -0.4 is 0 Å². The number of aromatic nitrogens is 6. The van der Waals surface area contributed by atoms with E-state index in [0.717, 1.165) is 41.3 Å². The number of oxazole rings is 1. The Labute approximate surface area is 191 Å². The maximum Gasteiger partial charge on any atom is 0.202 e. The first-order valence-electron chi connectivity index (χ1n) is 11.1. The summed E-state index contributed by atoms with van der Waals surface area (Å²) in [6, 6.07) is 6.92. The van der Waals surface area contributed by atoms with Gasteiger partial charge in [-0.25, -0.2) is 4.98 Å². The van der Waals surface area contributed by atoms with Gasteiger partial charge in [-0.05, 0) is 49.9 Å². The van der Waals surface area contributed by atoms with Crippen LogP contribution in [0.3, 0.4) is 0 Å². The highest BCUT2D eigenvalue weighted by atomic mass is 32.2. The Balaban J connectivity index is 1.04. The Morgan fingerprint density at radius 2 is 2.16 bits per heavy atom. The first-order valence-corrected chi connectivity index (χ1v) is 12.1. The van der Waals surface area contributed by atoms with E-state index in [-0.39, 0.29) is 0 Å². The van der Waals surface area contributed by atoms with Crippen molar-refractivity contribution < 1.29 is 4.42 Å². The van der Waals surface area contributed by atoms with Crippen molar-refractivity contribution in [2.75, 3.05) is 25.4 Å². The van der Waals surface area contributed by atoms with Gasteiger partial charge in [-0.15, -0.1) is 10.2 Å². The molecule has 2 fully saturated rings. The molecule has 2 aliphatic rings. The van der Waals surface area contributed by atoms with Crippen molar-refractivity contribution in [1.82, 2.24) is 34.4 Å². The lowest BCUT2D eigenvalue weighted by molar-refractivity contribution is 0.299. The van der Waals surface area contributed by atoms with Gasteiger partial charge >= 0.3 is 0 Å². The SMILES string of the molecule is Cc1ncoc1-c1nnc(SCCCN2C[C@@H]3C[C@]3(c3ccc4c(cnn4C)c3)C2)n1C. The molecule has 9 heteroatoms. The Hall–Kier alpha value is -2.65. The van der Waals surface area contributed by atoms with Crippen molar-refractivity contribution in [3.05, 3.63) is 42.0 Å². The minimum absolute atomic E-state index is 0.366. The molecule has 1 aromatic carbocycles. The molecular formula is C23H27N7OS. The van der Waals surface area contributed by atoms with E-state index in [1.54, 1.807) is 11.8 Å². The van der Waals surface area contributed by atoms with E-state index in [4.69, 9.17) is 4.42 Å². The molecule has 0 bridgehead atoms. The minimum atomic E-state index is 0.366. The van der Waals surface area contributed by atoms with Crippen LogP contribution in [0.2, 0.25) is 0 Å². The molecule has 6 rings (SSSR count). The van der Waals surface area contributed by atoms with Gasteiger partial charge < -0.3 is 13.9 Å². The van der Waals surface area contributed by atoms with E-state index in [1.165, 1.54) is 42.4 Å². The number of benzene rings is 1. The summed E-state index contributed by atoms with van der Waals surface area (Å²) in [5, 5.41) is 15.2. The summed E-state index contributed by atoms with van der Waals surface area (Å²) in [7, 11) is 3.99. The first-order chi connectivity index (χ1) is 15.5. The fourth-order valence-electron chi connectivity index (χ4n) is 5.28. The van der Waals surface area contributed by atoms with Crippen LogP contribution in [0.1, 0.15) is 24.1 Å². The van der Waals surface area contributed by atoms with Crippen LogP contribution in [0.4, 0.5) is 0 Å². The number of fused-ring (bicyclic) bond motifs is 2. The number of likely N-dealkylation sites (tertiary alicyclic amines) is 1. The Bertz CT molecular complexity index is 1290. The summed E-state index contributed by atoms with van der Waals surface area (Å²) < 4.78 is 9.41. The van der Waals surface area contributed by atoms with Gasteiger partial charge in [-0.2, -0.15) is 5.10 Å². The second-order valence-electron chi connectivity index (χ2n) is 9.17. The van der Waals surface area contributed by atoms with Gasteiger partial charge in [0.05, 0.1) is 17.4 Å². The molecule has 3 aromatic heterocycles. The predicted molar refractivity (Wildman–Crippen MR) is 124 cm³/mol. The van der Waals surface area contributed by atoms with Crippen LogP contribution in [-0.4, -0.2) is 59.8 Å². The molecule has 4 aromatic rings. The zero-order valence-electron chi connectivity index (χ0n) is 18.7. The standard InChI is InChI=1S/C23H27N7OS/c1-15-20(31-14-24-15)21-26-27-22(28(21)2)32-8-4-7-30-12-18-10-23(18,13-30)17-5-6-19-16(9-17)11-25-29(19)3/h5-6,9,11,14,18H,4,7-8,10,12-13H2,1-3H3/t18-,23+/m0/s1. The van der Waals surface area contributed by atoms with Gasteiger partial charge in [0.15, 0.2) is 17.3 Å². The van der Waals surface area contributed by atoms with Crippen LogP contribution in [-0.2, 0) is 19.5 Å². The average Bonchev–Trinajstić information content (AvgIpc) is 3.21. The van der Waals surface area contributed by atoms with E-state index in [1.807, 2.05) is 36.5 Å². The van der Waals surface area contributed by atoms with E-state index < -0.39 is 0 Å². The Kier molecular flexibility index (Phi) is 4.65. The molecule has 166 valence electrons. The molecule has 0 spiro atoms. The predicted octanol–water partition coefficient (Wildman–Crippen LogP) is 3.42. The highest BCUT2D eigenvalue weighted by Gasteiger charge is 2.60. The lowest BCUT2D eigenvalue weighted by Gasteiger charge is -2.21. The monoisotopic (exact) mass is 449 g/mol. The van der Waals surface area contributed by atoms with Gasteiger partial charge in [0.25, 0.3) is 0 Å². The highest BCUT2D eigenvalue weighted by Crippen LogP contribution is 2.59. The lowest BCUT2D eigenvalue weighted by atomic mass is 9.94. The van der Waals surface area contributed by atoms with Gasteiger partial charge in [0, 0.05) is 43.7 Å². The third-order valence-corrected chi connectivity index (χ3v) is 8.28. The molecule has 8 nitrogen and oxygen atoms in total. The Morgan fingerprint density at radius 3 is 3.00 bits per heavy atom. The van der Waals surface area contributed by atoms with Crippen molar-refractivity contribution in [2.45, 2.75) is 30.3 Å². The van der Waals surface area contributed by atoms with Gasteiger partial charge in [-0.1, -0.05) is 17.8 Å². The zero-order valence-corrected chi connectivity index (χ0v) is 19.5. The molecule has 0 N–H and O–H groups in total. The first kappa shape index (κ1) is 20.0. The van der Waals surface area contributed by atoms with Crippen LogP contribution in [0.25, 0.3) is 22.5 Å². The van der Waals surface area contributed by atoms with Crippen molar-refractivity contribution in [3.8, 4) is 11.6 Å². The summed E-state index contributed by atoms with van der Waals surface area (Å²) in [5.41, 5.74) is 3.90. The largest absolute Gasteiger partial charge is 0.440 e. The molecule has 1 aliphatic heterocycles. The van der Waals surface area contributed by atoms with Crippen molar-refractivity contribution >= 4 is 22.7 Å². The van der Waals surface area contributed by atoms with Crippen molar-refractivity contribution in [2.24, 2.45) is 20.0 Å². The third-order valence-electron chi connectivity index (χ3n) is 7.17. The third kappa shape index (κ3) is 3.17. The van der Waals surface area contributed by atoms with Crippen molar-refractivity contribution in [1.29, 1.82) is 0 Å². The van der Waals surface area contributed by atoms with Crippen molar-refractivity contribution in [3.63, 3.8) is 0 Å². The molecule has 1 saturated heterocycles. The summed E-state index contributed by atoms with van der Waals surface area (Å²) >= 11 is 1.76. The minimum Gasteiger partial charge on any atom is -0.440 e. The molecule has 1 aliphatic carbocycles. The smallest absolute Gasteiger partial charge is 0.202 e. The zero-order chi connectivity index (χ0) is 21.9. The summed E-state index contributed by atoms with van der Waals surface area (Å²) in [6.45, 7) is 5.44. The fourth-order valence-corrected chi connectivity index (χ4v) is 6.12. The average molecular weight is 450 g/mol. The van der Waals surface area contributed by atoms with E-state index >= 15 is 0 Å². The van der Waals surface area contributed by atoms with E-state index in [2.05, 4.69) is 43.4 Å². The number of hydrogen-bond acceptors (Lipinski definition) is 7. The number of hydrogen-bond donors (Lipinski definition) is 0. The summed E-state index contributed by atoms with van der Waals surface area (Å²) in [6.07, 6.45) is 5.90. The number of aryl methyl sites for hydroxylation is 2. The fraction of sp³-hybridized carbons (Fsp3) is 0.478. The van der Waals surface area contributed by atoms with E-state index in [9.17, 15) is 0 Å². The van der Waals surface area contributed by atoms with E-state index in [0.29, 0.717) is 11.2 Å². The molecular weight excluding hydrogens is 422 g/mol. The molecule has 32 heavy (non-hydrogen) atoms. The normalized spacial score (nSPS) is 22.7. The van der Waals surface area contributed by atoms with Gasteiger partial charge in [0.1, 0.15) is 0 Å². The van der Waals surface area contributed by atoms with Gasteiger partial charge in [0.2, 0.25) is 5.82 Å². The van der Waals surface area contributed by atoms with Crippen LogP contribution in [0.5, 0.6) is 0 Å². The summed E-state index contributed by atoms with van der Waals surface area (Å²) in [4.78, 5) is 6.79. The van der Waals surface area contributed by atoms with Crippen LogP contribution in [0.15, 0.2) is 40.4 Å². The molecule has 1 saturated carbocycles. The number of thioether (sulfide) groups is 1. The highest BCUT2D eigenvalue weighted by molar-refractivity contribution is 7.99. The van der Waals surface area contributed by atoms with Crippen LogP contribution >= 0.6 is 11.8 Å². The summed E-state index contributed by atoms with van der Waals surface area (Å²) in [5.74, 6) is 3.25. The number of nitrogens with zero attached hydrogens (tertiary/aromatic N) is 7. The number of piperidine rings is 1. The second-order valence-corrected chi connectivity index (χ2v) is 10.2. The molecule has 0 radical (unpaired) electrons.